The predicted molar refractivity (Wildman–Crippen MR) is 149 cm³/mol. The monoisotopic (exact) mass is 572 g/mol. The van der Waals surface area contributed by atoms with Crippen LogP contribution < -0.4 is 16.0 Å². The van der Waals surface area contributed by atoms with Crippen molar-refractivity contribution in [3.8, 4) is 0 Å². The van der Waals surface area contributed by atoms with Crippen LogP contribution in [0.2, 0.25) is 0 Å². The summed E-state index contributed by atoms with van der Waals surface area (Å²) in [4.78, 5) is 51.6. The molecule has 0 aliphatic heterocycles. The van der Waals surface area contributed by atoms with Gasteiger partial charge in [0.15, 0.2) is 0 Å². The van der Waals surface area contributed by atoms with Gasteiger partial charge in [-0.2, -0.15) is 0 Å². The van der Waals surface area contributed by atoms with Crippen LogP contribution in [0, 0.1) is 17.0 Å². The van der Waals surface area contributed by atoms with Gasteiger partial charge in [0.25, 0.3) is 5.91 Å². The molecule has 4 amide bonds. The molecule has 1 saturated carbocycles. The maximum Gasteiger partial charge on any atom is 0.407 e. The van der Waals surface area contributed by atoms with Gasteiger partial charge in [0.05, 0.1) is 6.04 Å². The molecule has 1 fully saturated rings. The molecule has 1 aliphatic rings. The van der Waals surface area contributed by atoms with Crippen LogP contribution in [0.4, 0.5) is 18.4 Å². The van der Waals surface area contributed by atoms with E-state index in [9.17, 15) is 33.1 Å². The zero-order valence-corrected chi connectivity index (χ0v) is 23.4. The van der Waals surface area contributed by atoms with Crippen molar-refractivity contribution in [2.24, 2.45) is 5.41 Å². The summed E-state index contributed by atoms with van der Waals surface area (Å²) >= 11 is 0. The molecule has 41 heavy (non-hydrogen) atoms. The number of ketones is 1. The smallest absolute Gasteiger partial charge is 0.407 e. The van der Waals surface area contributed by atoms with Crippen LogP contribution in [0.3, 0.4) is 0 Å². The molecule has 1 unspecified atom stereocenters. The van der Waals surface area contributed by atoms with Crippen molar-refractivity contribution in [3.63, 3.8) is 0 Å². The summed E-state index contributed by atoms with van der Waals surface area (Å²) in [5.41, 5.74) is -0.106. The molecule has 0 spiro atoms. The number of carbonyl (C=O) groups is 4. The minimum absolute atomic E-state index is 0.0243. The summed E-state index contributed by atoms with van der Waals surface area (Å²) < 4.78 is 29.0. The summed E-state index contributed by atoms with van der Waals surface area (Å²) in [5.74, 6) is -3.22. The molecular formula is C30H38F2N4O5. The minimum atomic E-state index is -1.39. The van der Waals surface area contributed by atoms with E-state index in [2.05, 4.69) is 16.0 Å². The molecule has 0 heterocycles. The summed E-state index contributed by atoms with van der Waals surface area (Å²) in [5, 5.41) is 18.0. The van der Waals surface area contributed by atoms with E-state index in [1.165, 1.54) is 13.1 Å². The molecule has 0 bridgehead atoms. The third kappa shape index (κ3) is 8.48. The summed E-state index contributed by atoms with van der Waals surface area (Å²) in [6.07, 6.45) is 1.22. The Bertz CT molecular complexity index is 1200. The van der Waals surface area contributed by atoms with Crippen LogP contribution in [0.1, 0.15) is 62.6 Å². The molecule has 2 atom stereocenters. The third-order valence-electron chi connectivity index (χ3n) is 7.75. The van der Waals surface area contributed by atoms with Gasteiger partial charge in [-0.05, 0) is 68.6 Å². The fourth-order valence-corrected chi connectivity index (χ4v) is 5.24. The molecule has 2 aromatic carbocycles. The fourth-order valence-electron chi connectivity index (χ4n) is 5.24. The van der Waals surface area contributed by atoms with E-state index in [1.54, 1.807) is 31.2 Å². The molecule has 3 rings (SSSR count). The minimum Gasteiger partial charge on any atom is -0.465 e. The zero-order chi connectivity index (χ0) is 30.0. The van der Waals surface area contributed by atoms with Gasteiger partial charge in [0.2, 0.25) is 5.78 Å². The van der Waals surface area contributed by atoms with Crippen molar-refractivity contribution in [2.75, 3.05) is 20.1 Å². The van der Waals surface area contributed by atoms with Crippen molar-refractivity contribution in [1.82, 2.24) is 20.9 Å². The van der Waals surface area contributed by atoms with Crippen LogP contribution >= 0.6 is 0 Å². The van der Waals surface area contributed by atoms with E-state index in [0.29, 0.717) is 32.2 Å². The summed E-state index contributed by atoms with van der Waals surface area (Å²) in [7, 11) is 1.48. The highest BCUT2D eigenvalue weighted by Gasteiger charge is 2.44. The Balaban J connectivity index is 1.81. The number of hydrogen-bond donors (Lipinski definition) is 4. The van der Waals surface area contributed by atoms with Gasteiger partial charge in [0.1, 0.15) is 17.7 Å². The molecule has 11 heteroatoms. The summed E-state index contributed by atoms with van der Waals surface area (Å²) in [6.45, 7) is 1.87. The number of carboxylic acid groups (broad SMARTS) is 1. The normalized spacial score (nSPS) is 15.1. The Morgan fingerprint density at radius 1 is 1.00 bits per heavy atom. The first kappa shape index (κ1) is 31.5. The highest BCUT2D eigenvalue weighted by molar-refractivity contribution is 6.38. The second kappa shape index (κ2) is 14.6. The van der Waals surface area contributed by atoms with Crippen LogP contribution in [0.15, 0.2) is 48.5 Å². The number of carbonyl (C=O) groups excluding carboxylic acids is 3. The number of amides is 4. The number of nitrogens with zero attached hydrogens (tertiary/aromatic N) is 1. The number of rotatable bonds is 14. The van der Waals surface area contributed by atoms with Gasteiger partial charge in [-0.25, -0.2) is 18.4 Å². The van der Waals surface area contributed by atoms with Gasteiger partial charge in [0, 0.05) is 25.7 Å². The molecule has 4 N–H and O–H groups in total. The lowest BCUT2D eigenvalue weighted by molar-refractivity contribution is -0.141. The van der Waals surface area contributed by atoms with E-state index >= 15 is 0 Å². The van der Waals surface area contributed by atoms with Crippen molar-refractivity contribution < 1.29 is 33.1 Å². The van der Waals surface area contributed by atoms with E-state index in [0.717, 1.165) is 29.0 Å². The molecule has 9 nitrogen and oxygen atoms in total. The number of unbranched alkanes of at least 4 members (excludes halogenated alkanes) is 1. The Morgan fingerprint density at radius 3 is 2.22 bits per heavy atom. The summed E-state index contributed by atoms with van der Waals surface area (Å²) in [6, 6.07) is 10.5. The molecule has 0 aromatic heterocycles. The second-order valence-corrected chi connectivity index (χ2v) is 10.6. The Hall–Kier alpha value is -4.02. The van der Waals surface area contributed by atoms with Crippen LogP contribution in [-0.2, 0) is 16.0 Å². The topological polar surface area (TPSA) is 128 Å². The SMILES string of the molecule is CNC(=O)NCCCCC(C(=O)C(=O)N[C@H](C)c1ccccc1)N(CC1(Cc2c(F)cccc2F)CCC1)C(=O)O. The highest BCUT2D eigenvalue weighted by Crippen LogP contribution is 2.45. The van der Waals surface area contributed by atoms with Crippen molar-refractivity contribution in [1.29, 1.82) is 0 Å². The number of halogens is 2. The first-order valence-corrected chi connectivity index (χ1v) is 13.8. The van der Waals surface area contributed by atoms with Crippen LogP contribution in [0.25, 0.3) is 0 Å². The first-order valence-electron chi connectivity index (χ1n) is 13.8. The van der Waals surface area contributed by atoms with Crippen molar-refractivity contribution >= 4 is 23.8 Å². The van der Waals surface area contributed by atoms with Gasteiger partial charge < -0.3 is 21.1 Å². The van der Waals surface area contributed by atoms with Crippen molar-refractivity contribution in [3.05, 3.63) is 71.3 Å². The van der Waals surface area contributed by atoms with E-state index < -0.39 is 46.9 Å². The molecular weight excluding hydrogens is 534 g/mol. The fraction of sp³-hybridized carbons (Fsp3) is 0.467. The maximum atomic E-state index is 14.5. The van der Waals surface area contributed by atoms with Gasteiger partial charge in [-0.3, -0.25) is 14.5 Å². The molecule has 1 aliphatic carbocycles. The predicted octanol–water partition coefficient (Wildman–Crippen LogP) is 4.57. The largest absolute Gasteiger partial charge is 0.465 e. The number of hydrogen-bond acceptors (Lipinski definition) is 4. The second-order valence-electron chi connectivity index (χ2n) is 10.6. The third-order valence-corrected chi connectivity index (χ3v) is 7.75. The van der Waals surface area contributed by atoms with Gasteiger partial charge in [-0.15, -0.1) is 0 Å². The Morgan fingerprint density at radius 2 is 1.66 bits per heavy atom. The van der Waals surface area contributed by atoms with Gasteiger partial charge >= 0.3 is 12.1 Å². The maximum absolute atomic E-state index is 14.5. The quantitative estimate of drug-likeness (QED) is 0.195. The molecule has 0 radical (unpaired) electrons. The number of benzene rings is 2. The lowest BCUT2D eigenvalue weighted by Gasteiger charge is -2.46. The lowest BCUT2D eigenvalue weighted by Crippen LogP contribution is -2.55. The van der Waals surface area contributed by atoms with Crippen LogP contribution in [0.5, 0.6) is 0 Å². The Labute approximate surface area is 238 Å². The van der Waals surface area contributed by atoms with E-state index in [1.807, 2.05) is 6.07 Å². The number of nitrogens with one attached hydrogen (secondary N) is 3. The van der Waals surface area contributed by atoms with E-state index in [-0.39, 0.29) is 31.0 Å². The van der Waals surface area contributed by atoms with Gasteiger partial charge in [-0.1, -0.05) is 42.8 Å². The molecule has 222 valence electrons. The standard InChI is InChI=1S/C30H38F2N4O5/c1-20(21-10-4-3-5-11-21)35-27(38)26(37)25(14-6-7-17-34-28(39)33-2)36(29(40)41)19-30(15-9-16-30)18-22-23(31)12-8-13-24(22)32/h3-5,8,10-13,20,25H,6-7,9,14-19H2,1-2H3,(H,35,38)(H,40,41)(H2,33,34,39)/t20-,25?/m1/s1. The van der Waals surface area contributed by atoms with Crippen molar-refractivity contribution in [2.45, 2.75) is 64.0 Å². The average Bonchev–Trinajstić information content (AvgIpc) is 2.93. The molecule has 2 aromatic rings. The lowest BCUT2D eigenvalue weighted by atomic mass is 9.64. The molecule has 0 saturated heterocycles. The number of Topliss-reactive ketones (excluding diaryl/α,β-unsaturated/α-hetero) is 1. The van der Waals surface area contributed by atoms with Crippen LogP contribution in [-0.4, -0.2) is 60.0 Å². The first-order chi connectivity index (χ1) is 19.6. The van der Waals surface area contributed by atoms with E-state index in [4.69, 9.17) is 0 Å². The number of urea groups is 1. The Kier molecular flexibility index (Phi) is 11.2. The zero-order valence-electron chi connectivity index (χ0n) is 23.4. The average molecular weight is 573 g/mol. The highest BCUT2D eigenvalue weighted by atomic mass is 19.1.